The third-order valence-corrected chi connectivity index (χ3v) is 13.9. The third kappa shape index (κ3) is 2.05. The van der Waals surface area contributed by atoms with Crippen LogP contribution in [-0.4, -0.2) is 14.7 Å². The van der Waals surface area contributed by atoms with E-state index in [1.54, 1.807) is 11.0 Å². The summed E-state index contributed by atoms with van der Waals surface area (Å²) in [6, 6.07) is 13.4. The van der Waals surface area contributed by atoms with Crippen molar-refractivity contribution in [1.82, 2.24) is 0 Å². The molecule has 0 aliphatic rings. The maximum absolute atomic E-state index is 2.31. The van der Waals surface area contributed by atoms with Crippen LogP contribution in [0.1, 0.15) is 0 Å². The molecule has 0 bridgehead atoms. The van der Waals surface area contributed by atoms with Gasteiger partial charge in [0.2, 0.25) is 0 Å². The van der Waals surface area contributed by atoms with Gasteiger partial charge in [-0.25, -0.2) is 0 Å². The Balaban J connectivity index is 2.09. The van der Waals surface area contributed by atoms with E-state index in [1.807, 2.05) is 34.0 Å². The van der Waals surface area contributed by atoms with Crippen molar-refractivity contribution in [3.05, 3.63) is 52.5 Å². The van der Waals surface area contributed by atoms with E-state index in [2.05, 4.69) is 52.5 Å². The molecule has 0 saturated carbocycles. The second-order valence-corrected chi connectivity index (χ2v) is 13.4. The van der Waals surface area contributed by atoms with Crippen LogP contribution in [0.15, 0.2) is 52.5 Å². The molecule has 0 atom stereocenters. The first-order valence-electron chi connectivity index (χ1n) is 4.94. The second kappa shape index (κ2) is 4.89. The summed E-state index contributed by atoms with van der Waals surface area (Å²) >= 11 is 4.33. The van der Waals surface area contributed by atoms with Gasteiger partial charge in [0.05, 0.1) is 0 Å². The average Bonchev–Trinajstić information content (AvgIpc) is 3.02. The maximum atomic E-state index is 2.31. The molecule has 3 rings (SSSR count). The molecule has 0 unspecified atom stereocenters. The fourth-order valence-corrected chi connectivity index (χ4v) is 14.5. The van der Waals surface area contributed by atoms with Crippen LogP contribution in [0.4, 0.5) is 0 Å². The van der Waals surface area contributed by atoms with Crippen LogP contribution in [0, 0.1) is 0 Å². The molecule has 0 N–H and O–H groups in total. The van der Waals surface area contributed by atoms with Gasteiger partial charge in [-0.05, 0) is 0 Å². The monoisotopic (exact) mass is 325 g/mol. The van der Waals surface area contributed by atoms with Crippen LogP contribution in [-0.2, 0) is 0 Å². The predicted molar refractivity (Wildman–Crippen MR) is 79.0 cm³/mol. The van der Waals surface area contributed by atoms with Crippen LogP contribution in [0.3, 0.4) is 0 Å². The molecule has 0 fully saturated rings. The van der Waals surface area contributed by atoms with E-state index in [0.29, 0.717) is 0 Å². The SMILES string of the molecule is c1csc([AsH](c2cccs2)c2cccs2)c1. The first kappa shape index (κ1) is 10.8. The summed E-state index contributed by atoms with van der Waals surface area (Å²) in [7, 11) is 0. The Bertz CT molecular complexity index is 441. The first-order chi connectivity index (χ1) is 7.95. The van der Waals surface area contributed by atoms with Crippen molar-refractivity contribution in [2.24, 2.45) is 0 Å². The van der Waals surface area contributed by atoms with Crippen molar-refractivity contribution in [1.29, 1.82) is 0 Å². The summed E-state index contributed by atoms with van der Waals surface area (Å²) < 4.78 is 4.81. The van der Waals surface area contributed by atoms with Gasteiger partial charge in [-0.3, -0.25) is 0 Å². The molecule has 1 radical (unpaired) electrons. The van der Waals surface area contributed by atoms with Gasteiger partial charge in [0.25, 0.3) is 0 Å². The van der Waals surface area contributed by atoms with Gasteiger partial charge in [0.1, 0.15) is 0 Å². The fourth-order valence-electron chi connectivity index (χ4n) is 1.63. The summed E-state index contributed by atoms with van der Waals surface area (Å²) in [5.74, 6) is 0. The van der Waals surface area contributed by atoms with E-state index >= 15 is 0 Å². The zero-order valence-electron chi connectivity index (χ0n) is 8.42. The topological polar surface area (TPSA) is 0 Å². The molecule has 0 aromatic carbocycles. The van der Waals surface area contributed by atoms with Crippen LogP contribution in [0.5, 0.6) is 0 Å². The number of thiophene rings is 3. The molecule has 0 saturated heterocycles. The van der Waals surface area contributed by atoms with Crippen LogP contribution < -0.4 is 11.0 Å². The van der Waals surface area contributed by atoms with Crippen molar-refractivity contribution < 1.29 is 0 Å². The Hall–Kier alpha value is -0.342. The van der Waals surface area contributed by atoms with Crippen LogP contribution in [0.2, 0.25) is 0 Å². The average molecular weight is 325 g/mol. The molecule has 3 heterocycles. The number of hydrogen-bond donors (Lipinski definition) is 0. The third-order valence-electron chi connectivity index (χ3n) is 2.30. The van der Waals surface area contributed by atoms with Gasteiger partial charge >= 0.3 is 112 Å². The molecule has 0 aliphatic carbocycles. The van der Waals surface area contributed by atoms with Crippen molar-refractivity contribution >= 4 is 59.7 Å². The minimum atomic E-state index is -1.42. The normalized spacial score (nSPS) is 11.1. The van der Waals surface area contributed by atoms with Gasteiger partial charge in [-0.15, -0.1) is 0 Å². The molecular formula is C12H10AsS3. The summed E-state index contributed by atoms with van der Waals surface area (Å²) in [5, 5.41) is 6.59. The van der Waals surface area contributed by atoms with Crippen LogP contribution >= 0.6 is 34.0 Å². The van der Waals surface area contributed by atoms with Gasteiger partial charge < -0.3 is 0 Å². The molecule has 81 valence electrons. The molecule has 16 heavy (non-hydrogen) atoms. The van der Waals surface area contributed by atoms with E-state index in [1.165, 1.54) is 0 Å². The molecule has 4 heteroatoms. The molecule has 0 aliphatic heterocycles. The number of rotatable bonds is 3. The standard InChI is InChI=1S/C12H10AsS3/c1-4-10(14-7-1)13(11-5-2-8-15-11)12-6-3-9-16-12/h1-9,13H. The molecule has 0 nitrogen and oxygen atoms in total. The molecule has 0 amide bonds. The zero-order chi connectivity index (χ0) is 10.8. The van der Waals surface area contributed by atoms with Crippen LogP contribution in [0.25, 0.3) is 0 Å². The Morgan fingerprint density at radius 3 is 1.25 bits per heavy atom. The van der Waals surface area contributed by atoms with E-state index < -0.39 is 14.7 Å². The van der Waals surface area contributed by atoms with E-state index in [4.69, 9.17) is 0 Å². The summed E-state index contributed by atoms with van der Waals surface area (Å²) in [4.78, 5) is 0. The minimum absolute atomic E-state index is 1.42. The Kier molecular flexibility index (Phi) is 3.29. The van der Waals surface area contributed by atoms with E-state index in [9.17, 15) is 0 Å². The summed E-state index contributed by atoms with van der Waals surface area (Å²) in [5.41, 5.74) is 0. The van der Waals surface area contributed by atoms with E-state index in [0.717, 1.165) is 0 Å². The first-order valence-corrected chi connectivity index (χ1v) is 10.7. The Morgan fingerprint density at radius 2 is 1.00 bits per heavy atom. The van der Waals surface area contributed by atoms with Crippen molar-refractivity contribution in [2.75, 3.05) is 0 Å². The van der Waals surface area contributed by atoms with Crippen molar-refractivity contribution in [2.45, 2.75) is 0 Å². The van der Waals surface area contributed by atoms with Crippen molar-refractivity contribution in [3.8, 4) is 0 Å². The van der Waals surface area contributed by atoms with Gasteiger partial charge in [0, 0.05) is 0 Å². The molecule has 0 spiro atoms. The summed E-state index contributed by atoms with van der Waals surface area (Å²) in [6.07, 6.45) is 0. The van der Waals surface area contributed by atoms with E-state index in [-0.39, 0.29) is 0 Å². The summed E-state index contributed by atoms with van der Waals surface area (Å²) in [6.45, 7) is 0. The quantitative estimate of drug-likeness (QED) is 0.647. The van der Waals surface area contributed by atoms with Gasteiger partial charge in [0.15, 0.2) is 0 Å². The Labute approximate surface area is 111 Å². The van der Waals surface area contributed by atoms with Gasteiger partial charge in [-0.1, -0.05) is 0 Å². The van der Waals surface area contributed by atoms with Gasteiger partial charge in [-0.2, -0.15) is 0 Å². The van der Waals surface area contributed by atoms with Crippen molar-refractivity contribution in [3.63, 3.8) is 0 Å². The molecule has 3 aromatic rings. The molecular weight excluding hydrogens is 315 g/mol. The second-order valence-electron chi connectivity index (χ2n) is 3.31. The molecule has 3 aromatic heterocycles. The Morgan fingerprint density at radius 1 is 0.625 bits per heavy atom. The predicted octanol–water partition coefficient (Wildman–Crippen LogP) is 2.12. The fraction of sp³-hybridized carbons (Fsp3) is 0. The zero-order valence-corrected chi connectivity index (χ0v) is 13.0. The number of hydrogen-bond acceptors (Lipinski definition) is 3.